The Balaban J connectivity index is 2.22. The van der Waals surface area contributed by atoms with Crippen LogP contribution in [0.5, 0.6) is 0 Å². The molecule has 1 aliphatic carbocycles. The summed E-state index contributed by atoms with van der Waals surface area (Å²) in [6.45, 7) is 2.89. The number of carboxylic acid groups (broad SMARTS) is 1. The monoisotopic (exact) mass is 302 g/mol. The average Bonchev–Trinajstić information content (AvgIpc) is 3.12. The van der Waals surface area contributed by atoms with Crippen LogP contribution in [-0.2, 0) is 10.0 Å². The van der Waals surface area contributed by atoms with E-state index < -0.39 is 22.1 Å². The maximum absolute atomic E-state index is 12.2. The molecule has 0 saturated heterocycles. The molecule has 1 atom stereocenters. The summed E-state index contributed by atoms with van der Waals surface area (Å²) in [5.41, 5.74) is 0.308. The van der Waals surface area contributed by atoms with Gasteiger partial charge < -0.3 is 15.2 Å². The second-order valence-corrected chi connectivity index (χ2v) is 6.84. The number of hydrogen-bond donors (Lipinski definition) is 4. The lowest BCUT2D eigenvalue weighted by Crippen LogP contribution is -2.33. The van der Waals surface area contributed by atoms with Crippen molar-refractivity contribution in [3.63, 3.8) is 0 Å². The van der Waals surface area contributed by atoms with Crippen molar-refractivity contribution >= 4 is 16.0 Å². The number of nitrogens with one attached hydrogen (secondary N) is 2. The predicted molar refractivity (Wildman–Crippen MR) is 71.1 cm³/mol. The Kier molecular flexibility index (Phi) is 3.90. The Labute approximate surface area is 117 Å². The van der Waals surface area contributed by atoms with Crippen LogP contribution in [0, 0.1) is 19.8 Å². The molecular formula is C12H18N2O5S. The van der Waals surface area contributed by atoms with Crippen molar-refractivity contribution in [2.75, 3.05) is 6.54 Å². The molecule has 1 heterocycles. The van der Waals surface area contributed by atoms with E-state index in [2.05, 4.69) is 9.71 Å². The highest BCUT2D eigenvalue weighted by Crippen LogP contribution is 2.32. The summed E-state index contributed by atoms with van der Waals surface area (Å²) < 4.78 is 26.8. The summed E-state index contributed by atoms with van der Waals surface area (Å²) in [7, 11) is -3.84. The summed E-state index contributed by atoms with van der Waals surface area (Å²) in [6, 6.07) is 0. The second-order valence-electron chi connectivity index (χ2n) is 5.14. The third-order valence-electron chi connectivity index (χ3n) is 3.50. The van der Waals surface area contributed by atoms with Crippen molar-refractivity contribution in [3.8, 4) is 0 Å². The first-order valence-corrected chi connectivity index (χ1v) is 7.82. The SMILES string of the molecule is Cc1[nH]c(C(=O)O)c(C)c1S(=O)(=O)NCC(O)C1CC1. The number of carbonyl (C=O) groups is 1. The molecule has 1 aromatic heterocycles. The number of aromatic carboxylic acids is 1. The number of aromatic amines is 1. The number of sulfonamides is 1. The number of carboxylic acids is 1. The Bertz CT molecular complexity index is 631. The van der Waals surface area contributed by atoms with Crippen molar-refractivity contribution in [1.82, 2.24) is 9.71 Å². The molecular weight excluding hydrogens is 284 g/mol. The van der Waals surface area contributed by atoms with Crippen LogP contribution in [0.4, 0.5) is 0 Å². The molecule has 0 radical (unpaired) electrons. The molecule has 0 spiro atoms. The number of aryl methyl sites for hydroxylation is 1. The minimum Gasteiger partial charge on any atom is -0.477 e. The number of aliphatic hydroxyl groups excluding tert-OH is 1. The van der Waals surface area contributed by atoms with Crippen molar-refractivity contribution in [2.45, 2.75) is 37.7 Å². The van der Waals surface area contributed by atoms with Crippen LogP contribution in [0.3, 0.4) is 0 Å². The van der Waals surface area contributed by atoms with Crippen LogP contribution in [0.1, 0.15) is 34.6 Å². The molecule has 1 aromatic rings. The van der Waals surface area contributed by atoms with Crippen molar-refractivity contribution in [1.29, 1.82) is 0 Å². The second kappa shape index (κ2) is 5.19. The Morgan fingerprint density at radius 2 is 2.05 bits per heavy atom. The van der Waals surface area contributed by atoms with E-state index in [9.17, 15) is 18.3 Å². The highest BCUT2D eigenvalue weighted by atomic mass is 32.2. The lowest BCUT2D eigenvalue weighted by Gasteiger charge is -2.11. The molecule has 0 bridgehead atoms. The summed E-state index contributed by atoms with van der Waals surface area (Å²) in [5.74, 6) is -1.04. The lowest BCUT2D eigenvalue weighted by molar-refractivity contribution is 0.0690. The van der Waals surface area contributed by atoms with E-state index in [4.69, 9.17) is 5.11 Å². The van der Waals surface area contributed by atoms with Gasteiger partial charge in [0.25, 0.3) is 0 Å². The minimum absolute atomic E-state index is 0.0561. The highest BCUT2D eigenvalue weighted by Gasteiger charge is 2.32. The van der Waals surface area contributed by atoms with Gasteiger partial charge in [-0.15, -0.1) is 0 Å². The first kappa shape index (κ1) is 15.0. The van der Waals surface area contributed by atoms with E-state index in [0.717, 1.165) is 12.8 Å². The molecule has 112 valence electrons. The topological polar surface area (TPSA) is 119 Å². The van der Waals surface area contributed by atoms with Crippen LogP contribution in [0.2, 0.25) is 0 Å². The minimum atomic E-state index is -3.84. The molecule has 2 rings (SSSR count). The van der Waals surface area contributed by atoms with Gasteiger partial charge in [0.15, 0.2) is 0 Å². The van der Waals surface area contributed by atoms with Gasteiger partial charge in [-0.25, -0.2) is 17.9 Å². The fourth-order valence-corrected chi connectivity index (χ4v) is 3.76. The van der Waals surface area contributed by atoms with E-state index in [-0.39, 0.29) is 34.3 Å². The van der Waals surface area contributed by atoms with E-state index in [1.54, 1.807) is 0 Å². The number of hydrogen-bond acceptors (Lipinski definition) is 4. The first-order chi connectivity index (χ1) is 9.24. The average molecular weight is 302 g/mol. The van der Waals surface area contributed by atoms with Crippen LogP contribution in [0.25, 0.3) is 0 Å². The zero-order chi connectivity index (χ0) is 15.1. The smallest absolute Gasteiger partial charge is 0.352 e. The van der Waals surface area contributed by atoms with Gasteiger partial charge in [-0.3, -0.25) is 0 Å². The van der Waals surface area contributed by atoms with E-state index in [0.29, 0.717) is 0 Å². The first-order valence-electron chi connectivity index (χ1n) is 6.34. The molecule has 20 heavy (non-hydrogen) atoms. The lowest BCUT2D eigenvalue weighted by atomic mass is 10.2. The van der Waals surface area contributed by atoms with Gasteiger partial charge in [0.2, 0.25) is 10.0 Å². The molecule has 7 nitrogen and oxygen atoms in total. The molecule has 4 N–H and O–H groups in total. The zero-order valence-electron chi connectivity index (χ0n) is 11.3. The number of rotatable bonds is 6. The third-order valence-corrected chi connectivity index (χ3v) is 5.20. The zero-order valence-corrected chi connectivity index (χ0v) is 12.1. The molecule has 0 aliphatic heterocycles. The molecule has 8 heteroatoms. The van der Waals surface area contributed by atoms with Gasteiger partial charge in [0.05, 0.1) is 6.10 Å². The molecule has 0 amide bonds. The summed E-state index contributed by atoms with van der Waals surface area (Å²) >= 11 is 0. The molecule has 1 saturated carbocycles. The van der Waals surface area contributed by atoms with Gasteiger partial charge >= 0.3 is 5.97 Å². The molecule has 1 aliphatic rings. The maximum atomic E-state index is 12.2. The predicted octanol–water partition coefficient (Wildman–Crippen LogP) is 0.379. The fourth-order valence-electron chi connectivity index (χ4n) is 2.26. The van der Waals surface area contributed by atoms with Crippen molar-refractivity contribution in [2.24, 2.45) is 5.92 Å². The van der Waals surface area contributed by atoms with Gasteiger partial charge in [-0.2, -0.15) is 0 Å². The Hall–Kier alpha value is -1.38. The Morgan fingerprint density at radius 1 is 1.45 bits per heavy atom. The van der Waals surface area contributed by atoms with Gasteiger partial charge in [0.1, 0.15) is 10.6 Å². The maximum Gasteiger partial charge on any atom is 0.352 e. The van der Waals surface area contributed by atoms with E-state index >= 15 is 0 Å². The Morgan fingerprint density at radius 3 is 2.50 bits per heavy atom. The van der Waals surface area contributed by atoms with Gasteiger partial charge in [-0.1, -0.05) is 0 Å². The quantitative estimate of drug-likeness (QED) is 0.605. The summed E-state index contributed by atoms with van der Waals surface area (Å²) in [6.07, 6.45) is 1.13. The summed E-state index contributed by atoms with van der Waals surface area (Å²) in [5, 5.41) is 18.7. The standard InChI is InChI=1S/C12H18N2O5S/c1-6-10(12(16)17)14-7(2)11(6)20(18,19)13-5-9(15)8-3-4-8/h8-9,13-15H,3-5H2,1-2H3,(H,16,17). The summed E-state index contributed by atoms with van der Waals surface area (Å²) in [4.78, 5) is 13.5. The fraction of sp³-hybridized carbons (Fsp3) is 0.583. The third kappa shape index (κ3) is 2.87. The van der Waals surface area contributed by atoms with E-state index in [1.807, 2.05) is 0 Å². The number of aromatic nitrogens is 1. The molecule has 1 unspecified atom stereocenters. The van der Waals surface area contributed by atoms with Crippen molar-refractivity contribution < 1.29 is 23.4 Å². The van der Waals surface area contributed by atoms with Gasteiger partial charge in [-0.05, 0) is 32.6 Å². The van der Waals surface area contributed by atoms with Crippen LogP contribution in [0.15, 0.2) is 4.90 Å². The van der Waals surface area contributed by atoms with E-state index in [1.165, 1.54) is 13.8 Å². The normalized spacial score (nSPS) is 17.1. The van der Waals surface area contributed by atoms with Crippen LogP contribution >= 0.6 is 0 Å². The number of aliphatic hydroxyl groups is 1. The van der Waals surface area contributed by atoms with Crippen LogP contribution < -0.4 is 4.72 Å². The highest BCUT2D eigenvalue weighted by molar-refractivity contribution is 7.89. The van der Waals surface area contributed by atoms with Crippen LogP contribution in [-0.4, -0.2) is 42.2 Å². The van der Waals surface area contributed by atoms with Crippen molar-refractivity contribution in [3.05, 3.63) is 17.0 Å². The molecule has 1 fully saturated rings. The molecule has 0 aromatic carbocycles. The van der Waals surface area contributed by atoms with Gasteiger partial charge in [0, 0.05) is 17.8 Å². The largest absolute Gasteiger partial charge is 0.477 e. The number of H-pyrrole nitrogens is 1.